The number of sulfonamides is 1. The first-order chi connectivity index (χ1) is 15.2. The Kier molecular flexibility index (Phi) is 7.30. The van der Waals surface area contributed by atoms with E-state index in [4.69, 9.17) is 4.74 Å². The monoisotopic (exact) mass is 462 g/mol. The number of aryl methyl sites for hydroxylation is 1. The van der Waals surface area contributed by atoms with Gasteiger partial charge >= 0.3 is 5.97 Å². The summed E-state index contributed by atoms with van der Waals surface area (Å²) in [6.07, 6.45) is 2.23. The molecule has 0 atom stereocenters. The number of carbonyl (C=O) groups is 2. The minimum atomic E-state index is -3.97. The molecule has 9 heteroatoms. The number of rotatable bonds is 8. The Hall–Kier alpha value is -2.78. The molecule has 1 fully saturated rings. The molecule has 0 spiro atoms. The zero-order valence-electron chi connectivity index (χ0n) is 18.2. The fourth-order valence-electron chi connectivity index (χ4n) is 3.95. The molecule has 0 saturated carbocycles. The number of piperidine rings is 1. The lowest BCUT2D eigenvalue weighted by molar-refractivity contribution is -0.148. The number of carbonyl (C=O) groups excluding carboxylic acids is 2. The quantitative estimate of drug-likeness (QED) is 0.342. The molecule has 0 radical (unpaired) electrons. The van der Waals surface area contributed by atoms with Crippen LogP contribution in [0.3, 0.4) is 0 Å². The fourth-order valence-corrected chi connectivity index (χ4v) is 5.49. The second-order valence-corrected chi connectivity index (χ2v) is 9.73. The maximum Gasteiger partial charge on any atom is 0.309 e. The molecule has 2 aromatic rings. The molecule has 0 unspecified atom stereocenters. The Morgan fingerprint density at radius 1 is 1.22 bits per heavy atom. The van der Waals surface area contributed by atoms with Crippen molar-refractivity contribution in [2.75, 3.05) is 19.7 Å². The van der Waals surface area contributed by atoms with E-state index < -0.39 is 27.7 Å². The van der Waals surface area contributed by atoms with Gasteiger partial charge in [-0.25, -0.2) is 12.8 Å². The number of hydrogen-bond donors (Lipinski definition) is 0. The van der Waals surface area contributed by atoms with Crippen LogP contribution in [-0.4, -0.2) is 48.7 Å². The average molecular weight is 463 g/mol. The molecular weight excluding hydrogens is 435 g/mol. The number of ketones is 1. The Bertz CT molecular complexity index is 1130. The predicted molar refractivity (Wildman–Crippen MR) is 117 cm³/mol. The third-order valence-electron chi connectivity index (χ3n) is 5.77. The summed E-state index contributed by atoms with van der Waals surface area (Å²) in [6, 6.07) is 6.98. The predicted octanol–water partition coefficient (Wildman–Crippen LogP) is 3.26. The minimum Gasteiger partial charge on any atom is -0.457 e. The van der Waals surface area contributed by atoms with Crippen LogP contribution < -0.4 is 0 Å². The number of aromatic nitrogens is 1. The lowest BCUT2D eigenvalue weighted by Crippen LogP contribution is -2.41. The highest BCUT2D eigenvalue weighted by Crippen LogP contribution is 2.26. The zero-order chi connectivity index (χ0) is 23.5. The SMILES string of the molecule is C=CCn1c(C)cc(C(=O)COC(=O)C2CCN(S(=O)(=O)c3ccccc3F)CC2)c1C. The van der Waals surface area contributed by atoms with Gasteiger partial charge in [-0.2, -0.15) is 4.31 Å². The number of ether oxygens (including phenoxy) is 1. The topological polar surface area (TPSA) is 85.7 Å². The lowest BCUT2D eigenvalue weighted by Gasteiger charge is -2.30. The van der Waals surface area contributed by atoms with Crippen LogP contribution in [-0.2, 0) is 26.1 Å². The van der Waals surface area contributed by atoms with Crippen LogP contribution in [0.5, 0.6) is 0 Å². The number of benzene rings is 1. The second-order valence-electron chi connectivity index (χ2n) is 7.82. The van der Waals surface area contributed by atoms with E-state index in [1.165, 1.54) is 22.5 Å². The van der Waals surface area contributed by atoms with Crippen molar-refractivity contribution in [1.82, 2.24) is 8.87 Å². The van der Waals surface area contributed by atoms with Gasteiger partial charge in [-0.15, -0.1) is 6.58 Å². The summed E-state index contributed by atoms with van der Waals surface area (Å²) in [5, 5.41) is 0. The maximum absolute atomic E-state index is 13.9. The van der Waals surface area contributed by atoms with Crippen molar-refractivity contribution in [3.63, 3.8) is 0 Å². The van der Waals surface area contributed by atoms with Gasteiger partial charge in [0, 0.05) is 36.6 Å². The smallest absolute Gasteiger partial charge is 0.309 e. The Labute approximate surface area is 187 Å². The van der Waals surface area contributed by atoms with Crippen LogP contribution in [0.4, 0.5) is 4.39 Å². The second kappa shape index (κ2) is 9.79. The Morgan fingerprint density at radius 3 is 2.50 bits per heavy atom. The summed E-state index contributed by atoms with van der Waals surface area (Å²) in [5.41, 5.74) is 2.21. The molecule has 3 rings (SSSR count). The first kappa shape index (κ1) is 23.9. The van der Waals surface area contributed by atoms with Crippen molar-refractivity contribution in [1.29, 1.82) is 0 Å². The van der Waals surface area contributed by atoms with Gasteiger partial charge in [-0.1, -0.05) is 18.2 Å². The molecule has 1 aromatic carbocycles. The molecule has 1 aliphatic rings. The number of nitrogens with zero attached hydrogens (tertiary/aromatic N) is 2. The van der Waals surface area contributed by atoms with Gasteiger partial charge in [0.2, 0.25) is 15.8 Å². The molecule has 1 aliphatic heterocycles. The van der Waals surface area contributed by atoms with Crippen LogP contribution >= 0.6 is 0 Å². The van der Waals surface area contributed by atoms with Gasteiger partial charge in [-0.3, -0.25) is 9.59 Å². The molecule has 0 amide bonds. The van der Waals surface area contributed by atoms with E-state index in [-0.39, 0.29) is 43.2 Å². The standard InChI is InChI=1S/C23H27FN2O5S/c1-4-11-26-16(2)14-19(17(26)3)21(27)15-31-23(28)18-9-12-25(13-10-18)32(29,30)22-8-6-5-7-20(22)24/h4-8,14,18H,1,9-13,15H2,2-3H3. The first-order valence-electron chi connectivity index (χ1n) is 10.4. The van der Waals surface area contributed by atoms with Gasteiger partial charge in [-0.05, 0) is 44.9 Å². The first-order valence-corrected chi connectivity index (χ1v) is 11.8. The van der Waals surface area contributed by atoms with Crippen molar-refractivity contribution in [2.24, 2.45) is 5.92 Å². The molecular formula is C23H27FN2O5S. The number of halogens is 1. The summed E-state index contributed by atoms with van der Waals surface area (Å²) in [7, 11) is -3.97. The van der Waals surface area contributed by atoms with Crippen molar-refractivity contribution in [2.45, 2.75) is 38.1 Å². The van der Waals surface area contributed by atoms with E-state index >= 15 is 0 Å². The van der Waals surface area contributed by atoms with E-state index in [1.54, 1.807) is 12.1 Å². The molecule has 1 aromatic heterocycles. The summed E-state index contributed by atoms with van der Waals surface area (Å²) in [5.74, 6) is -2.13. The molecule has 0 N–H and O–H groups in total. The highest BCUT2D eigenvalue weighted by molar-refractivity contribution is 7.89. The van der Waals surface area contributed by atoms with Crippen molar-refractivity contribution in [3.8, 4) is 0 Å². The highest BCUT2D eigenvalue weighted by Gasteiger charge is 2.34. The highest BCUT2D eigenvalue weighted by atomic mass is 32.2. The van der Waals surface area contributed by atoms with Gasteiger partial charge in [0.1, 0.15) is 10.7 Å². The van der Waals surface area contributed by atoms with Crippen LogP contribution in [0.1, 0.15) is 34.6 Å². The number of Topliss-reactive ketones (excluding diaryl/α,β-unsaturated/α-hetero) is 1. The van der Waals surface area contributed by atoms with Crippen LogP contribution in [0.2, 0.25) is 0 Å². The maximum atomic E-state index is 13.9. The van der Waals surface area contributed by atoms with Crippen LogP contribution in [0.15, 0.2) is 47.9 Å². The largest absolute Gasteiger partial charge is 0.457 e. The minimum absolute atomic E-state index is 0.0765. The van der Waals surface area contributed by atoms with E-state index in [0.29, 0.717) is 12.1 Å². The average Bonchev–Trinajstić information content (AvgIpc) is 3.06. The van der Waals surface area contributed by atoms with Gasteiger partial charge < -0.3 is 9.30 Å². The summed E-state index contributed by atoms with van der Waals surface area (Å²) >= 11 is 0. The summed E-state index contributed by atoms with van der Waals surface area (Å²) < 4.78 is 47.7. The van der Waals surface area contributed by atoms with Crippen LogP contribution in [0.25, 0.3) is 0 Å². The summed E-state index contributed by atoms with van der Waals surface area (Å²) in [4.78, 5) is 24.6. The van der Waals surface area contributed by atoms with E-state index in [2.05, 4.69) is 6.58 Å². The van der Waals surface area contributed by atoms with Gasteiger partial charge in [0.05, 0.1) is 5.92 Å². The molecule has 0 aliphatic carbocycles. The molecule has 1 saturated heterocycles. The third-order valence-corrected chi connectivity index (χ3v) is 7.70. The summed E-state index contributed by atoms with van der Waals surface area (Å²) in [6.45, 7) is 7.80. The lowest BCUT2D eigenvalue weighted by atomic mass is 9.98. The van der Waals surface area contributed by atoms with Gasteiger partial charge in [0.25, 0.3) is 0 Å². The van der Waals surface area contributed by atoms with Crippen molar-refractivity contribution < 1.29 is 27.1 Å². The number of allylic oxidation sites excluding steroid dienone is 1. The fraction of sp³-hybridized carbons (Fsp3) is 0.391. The van der Waals surface area contributed by atoms with E-state index in [0.717, 1.165) is 17.5 Å². The Morgan fingerprint density at radius 2 is 1.88 bits per heavy atom. The normalized spacial score (nSPS) is 15.5. The molecule has 0 bridgehead atoms. The molecule has 2 heterocycles. The molecule has 7 nitrogen and oxygen atoms in total. The third kappa shape index (κ3) is 4.83. The van der Waals surface area contributed by atoms with Crippen molar-refractivity contribution in [3.05, 3.63) is 65.8 Å². The number of hydrogen-bond acceptors (Lipinski definition) is 5. The van der Waals surface area contributed by atoms with Crippen LogP contribution in [0, 0.1) is 25.6 Å². The zero-order valence-corrected chi connectivity index (χ0v) is 19.0. The molecule has 172 valence electrons. The van der Waals surface area contributed by atoms with Crippen molar-refractivity contribution >= 4 is 21.8 Å². The Balaban J connectivity index is 1.56. The van der Waals surface area contributed by atoms with Gasteiger partial charge in [0.15, 0.2) is 6.61 Å². The van der Waals surface area contributed by atoms with E-state index in [1.807, 2.05) is 18.4 Å². The number of esters is 1. The molecule has 32 heavy (non-hydrogen) atoms. The van der Waals surface area contributed by atoms with E-state index in [9.17, 15) is 22.4 Å².